The molecule has 8 nitrogen and oxygen atoms in total. The predicted molar refractivity (Wildman–Crippen MR) is 98.0 cm³/mol. The van der Waals surface area contributed by atoms with Gasteiger partial charge in [-0.25, -0.2) is 14.5 Å². The lowest BCUT2D eigenvalue weighted by Crippen LogP contribution is -2.29. The van der Waals surface area contributed by atoms with E-state index in [2.05, 4.69) is 20.4 Å². The Morgan fingerprint density at radius 2 is 2.19 bits per heavy atom. The van der Waals surface area contributed by atoms with Crippen molar-refractivity contribution in [2.24, 2.45) is 0 Å². The number of carbonyl (C=O) groups is 1. The predicted octanol–water partition coefficient (Wildman–Crippen LogP) is 1.77. The molecule has 1 N–H and O–H groups in total. The van der Waals surface area contributed by atoms with Crippen molar-refractivity contribution in [3.8, 4) is 0 Å². The number of nitrogens with zero attached hydrogens (tertiary/aromatic N) is 5. The molecule has 0 saturated heterocycles. The van der Waals surface area contributed by atoms with Gasteiger partial charge >= 0.3 is 0 Å². The van der Waals surface area contributed by atoms with Crippen LogP contribution in [0.15, 0.2) is 47.1 Å². The topological polar surface area (TPSA) is 94.2 Å². The molecule has 9 heteroatoms. The number of rotatable bonds is 5. The van der Waals surface area contributed by atoms with Crippen LogP contribution >= 0.6 is 11.3 Å². The van der Waals surface area contributed by atoms with Gasteiger partial charge in [0.05, 0.1) is 35.2 Å². The standard InChI is InChI=1S/C17H16N6O2S/c1-11(14-8-23-17(21-14)26-10-19-23)20-15(24)6-7-22-9-18-13-5-3-2-4-12(13)16(22)25/h2-5,8-11H,6-7H2,1H3,(H,20,24)/t11-/m0/s1. The maximum absolute atomic E-state index is 12.4. The first kappa shape index (κ1) is 16.4. The van der Waals surface area contributed by atoms with Crippen molar-refractivity contribution in [2.45, 2.75) is 25.9 Å². The zero-order valence-electron chi connectivity index (χ0n) is 14.0. The second-order valence-corrected chi connectivity index (χ2v) is 6.74. The molecule has 0 fully saturated rings. The Morgan fingerprint density at radius 3 is 3.04 bits per heavy atom. The summed E-state index contributed by atoms with van der Waals surface area (Å²) < 4.78 is 3.14. The van der Waals surface area contributed by atoms with Gasteiger partial charge in [0.15, 0.2) is 0 Å². The summed E-state index contributed by atoms with van der Waals surface area (Å²) in [6.07, 6.45) is 3.47. The van der Waals surface area contributed by atoms with Crippen LogP contribution in [0.25, 0.3) is 15.9 Å². The molecule has 3 heterocycles. The first-order chi connectivity index (χ1) is 12.6. The molecule has 0 saturated carbocycles. The molecular formula is C17H16N6O2S. The van der Waals surface area contributed by atoms with Crippen LogP contribution in [0.2, 0.25) is 0 Å². The third-order valence-corrected chi connectivity index (χ3v) is 4.83. The van der Waals surface area contributed by atoms with Crippen molar-refractivity contribution < 1.29 is 4.79 Å². The molecule has 0 unspecified atom stereocenters. The van der Waals surface area contributed by atoms with Crippen LogP contribution < -0.4 is 10.9 Å². The minimum atomic E-state index is -0.233. The van der Waals surface area contributed by atoms with E-state index in [9.17, 15) is 9.59 Å². The van der Waals surface area contributed by atoms with E-state index in [4.69, 9.17) is 0 Å². The largest absolute Gasteiger partial charge is 0.348 e. The highest BCUT2D eigenvalue weighted by Gasteiger charge is 2.14. The van der Waals surface area contributed by atoms with E-state index in [1.165, 1.54) is 22.2 Å². The van der Waals surface area contributed by atoms with E-state index in [0.29, 0.717) is 10.9 Å². The van der Waals surface area contributed by atoms with Crippen LogP contribution in [0.1, 0.15) is 25.1 Å². The fourth-order valence-corrected chi connectivity index (χ4v) is 3.35. The summed E-state index contributed by atoms with van der Waals surface area (Å²) in [4.78, 5) is 34.1. The van der Waals surface area contributed by atoms with Gasteiger partial charge in [-0.1, -0.05) is 23.5 Å². The number of hydrogen-bond acceptors (Lipinski definition) is 6. The Balaban J connectivity index is 1.41. The van der Waals surface area contributed by atoms with Gasteiger partial charge in [0.2, 0.25) is 10.9 Å². The Bertz CT molecular complexity index is 1120. The van der Waals surface area contributed by atoms with Gasteiger partial charge in [0.25, 0.3) is 5.56 Å². The minimum absolute atomic E-state index is 0.142. The SMILES string of the molecule is C[C@H](NC(=O)CCn1cnc2ccccc2c1=O)c1cn2ncsc2n1. The molecule has 4 rings (SSSR count). The number of aryl methyl sites for hydroxylation is 1. The molecule has 3 aromatic heterocycles. The summed E-state index contributed by atoms with van der Waals surface area (Å²) in [7, 11) is 0. The number of amides is 1. The molecular weight excluding hydrogens is 352 g/mol. The summed E-state index contributed by atoms with van der Waals surface area (Å²) in [6.45, 7) is 2.14. The smallest absolute Gasteiger partial charge is 0.261 e. The van der Waals surface area contributed by atoms with Crippen LogP contribution in [0.5, 0.6) is 0 Å². The molecule has 0 radical (unpaired) electrons. The van der Waals surface area contributed by atoms with Crippen LogP contribution in [-0.4, -0.2) is 30.1 Å². The van der Waals surface area contributed by atoms with Crippen LogP contribution in [0, 0.1) is 0 Å². The van der Waals surface area contributed by atoms with E-state index in [1.54, 1.807) is 34.4 Å². The van der Waals surface area contributed by atoms with Crippen molar-refractivity contribution in [1.82, 2.24) is 29.5 Å². The number of para-hydroxylation sites is 1. The zero-order valence-corrected chi connectivity index (χ0v) is 14.8. The lowest BCUT2D eigenvalue weighted by molar-refractivity contribution is -0.122. The average molecular weight is 368 g/mol. The number of nitrogens with one attached hydrogen (secondary N) is 1. The Morgan fingerprint density at radius 1 is 1.35 bits per heavy atom. The van der Waals surface area contributed by atoms with Gasteiger partial charge in [-0.05, 0) is 19.1 Å². The molecule has 0 spiro atoms. The van der Waals surface area contributed by atoms with Crippen LogP contribution in [-0.2, 0) is 11.3 Å². The maximum Gasteiger partial charge on any atom is 0.261 e. The monoisotopic (exact) mass is 368 g/mol. The van der Waals surface area contributed by atoms with Gasteiger partial charge < -0.3 is 5.32 Å². The molecule has 132 valence electrons. The lowest BCUT2D eigenvalue weighted by atomic mass is 10.2. The van der Waals surface area contributed by atoms with Crippen molar-refractivity contribution in [2.75, 3.05) is 0 Å². The number of carbonyl (C=O) groups excluding carboxylic acids is 1. The van der Waals surface area contributed by atoms with Gasteiger partial charge in [-0.15, -0.1) is 0 Å². The first-order valence-corrected chi connectivity index (χ1v) is 9.02. The first-order valence-electron chi connectivity index (χ1n) is 8.14. The number of aromatic nitrogens is 5. The fourth-order valence-electron chi connectivity index (χ4n) is 2.74. The fraction of sp³-hybridized carbons (Fsp3) is 0.235. The summed E-state index contributed by atoms with van der Waals surface area (Å²) in [5.74, 6) is -0.151. The Kier molecular flexibility index (Phi) is 4.21. The van der Waals surface area contributed by atoms with Crippen LogP contribution in [0.3, 0.4) is 0 Å². The highest BCUT2D eigenvalue weighted by Crippen LogP contribution is 2.15. The van der Waals surface area contributed by atoms with Gasteiger partial charge in [0.1, 0.15) is 5.51 Å². The minimum Gasteiger partial charge on any atom is -0.348 e. The second-order valence-electron chi connectivity index (χ2n) is 5.93. The quantitative estimate of drug-likeness (QED) is 0.579. The summed E-state index contributed by atoms with van der Waals surface area (Å²) in [5, 5.41) is 7.58. The molecule has 26 heavy (non-hydrogen) atoms. The molecule has 4 aromatic rings. The van der Waals surface area contributed by atoms with Crippen LogP contribution in [0.4, 0.5) is 0 Å². The number of fused-ring (bicyclic) bond motifs is 2. The molecule has 1 aromatic carbocycles. The zero-order chi connectivity index (χ0) is 18.1. The van der Waals surface area contributed by atoms with Gasteiger partial charge in [-0.3, -0.25) is 14.2 Å². The van der Waals surface area contributed by atoms with Crippen molar-refractivity contribution >= 4 is 33.1 Å². The van der Waals surface area contributed by atoms with E-state index in [-0.39, 0.29) is 30.5 Å². The van der Waals surface area contributed by atoms with Crippen molar-refractivity contribution in [3.63, 3.8) is 0 Å². The van der Waals surface area contributed by atoms with E-state index in [1.807, 2.05) is 13.0 Å². The third-order valence-electron chi connectivity index (χ3n) is 4.14. The average Bonchev–Trinajstić information content (AvgIpc) is 3.23. The molecule has 0 aliphatic carbocycles. The summed E-state index contributed by atoms with van der Waals surface area (Å²) >= 11 is 1.44. The molecule has 0 bridgehead atoms. The molecule has 0 aliphatic rings. The Hall–Kier alpha value is -3.07. The molecule has 1 amide bonds. The van der Waals surface area contributed by atoms with Crippen molar-refractivity contribution in [3.05, 3.63) is 58.3 Å². The lowest BCUT2D eigenvalue weighted by Gasteiger charge is -2.12. The van der Waals surface area contributed by atoms with E-state index in [0.717, 1.165) is 10.7 Å². The highest BCUT2D eigenvalue weighted by atomic mass is 32.1. The third kappa shape index (κ3) is 3.08. The second kappa shape index (κ2) is 6.68. The number of benzene rings is 1. The van der Waals surface area contributed by atoms with Gasteiger partial charge in [-0.2, -0.15) is 5.10 Å². The molecule has 1 atom stereocenters. The normalized spacial score (nSPS) is 12.5. The van der Waals surface area contributed by atoms with E-state index >= 15 is 0 Å². The summed E-state index contributed by atoms with van der Waals surface area (Å²) in [5.41, 5.74) is 2.98. The Labute approximate surface area is 152 Å². The summed E-state index contributed by atoms with van der Waals surface area (Å²) in [6, 6.07) is 6.93. The highest BCUT2D eigenvalue weighted by molar-refractivity contribution is 7.14. The molecule has 0 aliphatic heterocycles. The maximum atomic E-state index is 12.4. The van der Waals surface area contributed by atoms with E-state index < -0.39 is 0 Å². The number of imidazole rings is 1. The number of hydrogen-bond donors (Lipinski definition) is 1. The van der Waals surface area contributed by atoms with Gasteiger partial charge in [0, 0.05) is 13.0 Å². The van der Waals surface area contributed by atoms with Crippen molar-refractivity contribution in [1.29, 1.82) is 0 Å².